The third-order valence-electron chi connectivity index (χ3n) is 3.86. The summed E-state index contributed by atoms with van der Waals surface area (Å²) in [5.41, 5.74) is 2.65. The van der Waals surface area contributed by atoms with Crippen LogP contribution >= 0.6 is 0 Å². The smallest absolute Gasteiger partial charge is 0.146 e. The third-order valence-corrected chi connectivity index (χ3v) is 3.86. The van der Waals surface area contributed by atoms with Crippen LogP contribution in [-0.4, -0.2) is 0 Å². The van der Waals surface area contributed by atoms with Crippen LogP contribution in [0.4, 0.5) is 10.1 Å². The Bertz CT molecular complexity index is 759. The first kappa shape index (κ1) is 13.6. The van der Waals surface area contributed by atoms with Gasteiger partial charge in [0.05, 0.1) is 5.69 Å². The molecule has 0 fully saturated rings. The van der Waals surface area contributed by atoms with E-state index in [9.17, 15) is 4.39 Å². The number of benzene rings is 3. The number of anilines is 1. The minimum atomic E-state index is -0.206. The number of nitrogens with one attached hydrogen (secondary N) is 1. The summed E-state index contributed by atoms with van der Waals surface area (Å²) in [7, 11) is 0. The lowest BCUT2D eigenvalue weighted by Gasteiger charge is -2.18. The van der Waals surface area contributed by atoms with Gasteiger partial charge in [0.15, 0.2) is 0 Å². The van der Waals surface area contributed by atoms with Gasteiger partial charge < -0.3 is 5.32 Å². The van der Waals surface area contributed by atoms with E-state index in [1.807, 2.05) is 25.1 Å². The lowest BCUT2D eigenvalue weighted by atomic mass is 10.0. The van der Waals surface area contributed by atoms with Crippen LogP contribution in [-0.2, 0) is 0 Å². The molecule has 0 aliphatic carbocycles. The van der Waals surface area contributed by atoms with Crippen LogP contribution < -0.4 is 5.32 Å². The van der Waals surface area contributed by atoms with Gasteiger partial charge in [0.2, 0.25) is 0 Å². The summed E-state index contributed by atoms with van der Waals surface area (Å²) in [5, 5.41) is 5.71. The zero-order chi connectivity index (χ0) is 14.8. The Labute approximate surface area is 124 Å². The molecule has 0 saturated heterocycles. The fourth-order valence-electron chi connectivity index (χ4n) is 2.59. The average Bonchev–Trinajstić information content (AvgIpc) is 2.50. The van der Waals surface area contributed by atoms with Crippen LogP contribution in [0.3, 0.4) is 0 Å². The van der Waals surface area contributed by atoms with E-state index in [2.05, 4.69) is 42.6 Å². The molecule has 0 spiro atoms. The van der Waals surface area contributed by atoms with E-state index in [1.165, 1.54) is 16.8 Å². The first-order valence-corrected chi connectivity index (χ1v) is 7.15. The topological polar surface area (TPSA) is 12.0 Å². The van der Waals surface area contributed by atoms with E-state index < -0.39 is 0 Å². The van der Waals surface area contributed by atoms with Gasteiger partial charge in [0, 0.05) is 6.04 Å². The van der Waals surface area contributed by atoms with E-state index in [0.29, 0.717) is 5.69 Å². The van der Waals surface area contributed by atoms with Crippen LogP contribution in [0.25, 0.3) is 10.8 Å². The van der Waals surface area contributed by atoms with E-state index in [1.54, 1.807) is 6.07 Å². The summed E-state index contributed by atoms with van der Waals surface area (Å²) in [5.74, 6) is -0.206. The van der Waals surface area contributed by atoms with Crippen molar-refractivity contribution < 1.29 is 4.39 Å². The Balaban J connectivity index is 1.91. The monoisotopic (exact) mass is 279 g/mol. The zero-order valence-corrected chi connectivity index (χ0v) is 12.2. The summed E-state index contributed by atoms with van der Waals surface area (Å²) in [6.45, 7) is 3.97. The molecule has 0 aromatic heterocycles. The molecule has 0 aliphatic heterocycles. The Morgan fingerprint density at radius 2 is 1.67 bits per heavy atom. The highest BCUT2D eigenvalue weighted by Crippen LogP contribution is 2.26. The molecule has 0 amide bonds. The molecule has 0 radical (unpaired) electrons. The number of aryl methyl sites for hydroxylation is 1. The number of hydrogen-bond donors (Lipinski definition) is 1. The maximum absolute atomic E-state index is 13.9. The zero-order valence-electron chi connectivity index (χ0n) is 12.2. The van der Waals surface area contributed by atoms with Gasteiger partial charge in [-0.3, -0.25) is 0 Å². The van der Waals surface area contributed by atoms with Crippen LogP contribution in [0.2, 0.25) is 0 Å². The molecule has 21 heavy (non-hydrogen) atoms. The number of halogens is 1. The summed E-state index contributed by atoms with van der Waals surface area (Å²) >= 11 is 0. The molecule has 1 nitrogen and oxygen atoms in total. The Hall–Kier alpha value is -2.35. The van der Waals surface area contributed by atoms with Gasteiger partial charge in [-0.25, -0.2) is 4.39 Å². The summed E-state index contributed by atoms with van der Waals surface area (Å²) in [6, 6.07) is 19.8. The third kappa shape index (κ3) is 2.75. The SMILES string of the molecule is Cc1cccc(F)c1NC(C)c1ccc2ccccc2c1. The average molecular weight is 279 g/mol. The van der Waals surface area contributed by atoms with Crippen LogP contribution in [0.15, 0.2) is 60.7 Å². The molecular formula is C19H18FN. The summed E-state index contributed by atoms with van der Waals surface area (Å²) in [6.07, 6.45) is 0. The maximum Gasteiger partial charge on any atom is 0.146 e. The first-order chi connectivity index (χ1) is 10.1. The van der Waals surface area contributed by atoms with Crippen LogP contribution in [0.5, 0.6) is 0 Å². The fraction of sp³-hybridized carbons (Fsp3) is 0.158. The molecule has 1 atom stereocenters. The molecule has 0 aliphatic rings. The molecule has 3 rings (SSSR count). The van der Waals surface area contributed by atoms with E-state index in [4.69, 9.17) is 0 Å². The quantitative estimate of drug-likeness (QED) is 0.671. The predicted octanol–water partition coefficient (Wildman–Crippen LogP) is 5.46. The molecule has 3 aromatic rings. The molecule has 3 aromatic carbocycles. The van der Waals surface area contributed by atoms with Crippen molar-refractivity contribution in [2.45, 2.75) is 19.9 Å². The lowest BCUT2D eigenvalue weighted by Crippen LogP contribution is -2.09. The second kappa shape index (κ2) is 5.57. The molecule has 0 heterocycles. The lowest BCUT2D eigenvalue weighted by molar-refractivity contribution is 0.626. The van der Waals surface area contributed by atoms with Crippen molar-refractivity contribution in [3.05, 3.63) is 77.6 Å². The van der Waals surface area contributed by atoms with Crippen molar-refractivity contribution in [3.8, 4) is 0 Å². The van der Waals surface area contributed by atoms with Crippen molar-refractivity contribution in [2.24, 2.45) is 0 Å². The van der Waals surface area contributed by atoms with Gasteiger partial charge in [-0.15, -0.1) is 0 Å². The second-order valence-electron chi connectivity index (χ2n) is 5.40. The minimum Gasteiger partial charge on any atom is -0.376 e. The number of fused-ring (bicyclic) bond motifs is 1. The molecular weight excluding hydrogens is 261 g/mol. The van der Waals surface area contributed by atoms with Crippen molar-refractivity contribution >= 4 is 16.5 Å². The van der Waals surface area contributed by atoms with Crippen LogP contribution in [0, 0.1) is 12.7 Å². The van der Waals surface area contributed by atoms with Gasteiger partial charge in [0.1, 0.15) is 5.82 Å². The largest absolute Gasteiger partial charge is 0.376 e. The number of rotatable bonds is 3. The van der Waals surface area contributed by atoms with Gasteiger partial charge in [-0.2, -0.15) is 0 Å². The standard InChI is InChI=1S/C19H18FN/c1-13-6-5-9-18(20)19(13)21-14(2)16-11-10-15-7-3-4-8-17(15)12-16/h3-12,14,21H,1-2H3. The van der Waals surface area contributed by atoms with Gasteiger partial charge >= 0.3 is 0 Å². The molecule has 1 N–H and O–H groups in total. The first-order valence-electron chi connectivity index (χ1n) is 7.15. The van der Waals surface area contributed by atoms with Crippen molar-refractivity contribution in [3.63, 3.8) is 0 Å². The maximum atomic E-state index is 13.9. The molecule has 1 unspecified atom stereocenters. The normalized spacial score (nSPS) is 12.3. The highest BCUT2D eigenvalue weighted by Gasteiger charge is 2.10. The number of para-hydroxylation sites is 1. The summed E-state index contributed by atoms with van der Waals surface area (Å²) < 4.78 is 13.9. The minimum absolute atomic E-state index is 0.0465. The predicted molar refractivity (Wildman–Crippen MR) is 87.1 cm³/mol. The van der Waals surface area contributed by atoms with Gasteiger partial charge in [-0.1, -0.05) is 48.5 Å². The van der Waals surface area contributed by atoms with Gasteiger partial charge in [-0.05, 0) is 47.9 Å². The Morgan fingerprint density at radius 3 is 2.43 bits per heavy atom. The molecule has 0 saturated carbocycles. The summed E-state index contributed by atoms with van der Waals surface area (Å²) in [4.78, 5) is 0. The van der Waals surface area contributed by atoms with Gasteiger partial charge in [0.25, 0.3) is 0 Å². The molecule has 0 bridgehead atoms. The van der Waals surface area contributed by atoms with E-state index >= 15 is 0 Å². The fourth-order valence-corrected chi connectivity index (χ4v) is 2.59. The van der Waals surface area contributed by atoms with Crippen molar-refractivity contribution in [2.75, 3.05) is 5.32 Å². The van der Waals surface area contributed by atoms with E-state index in [0.717, 1.165) is 11.1 Å². The van der Waals surface area contributed by atoms with E-state index in [-0.39, 0.29) is 11.9 Å². The second-order valence-corrected chi connectivity index (χ2v) is 5.40. The van der Waals surface area contributed by atoms with Crippen molar-refractivity contribution in [1.29, 1.82) is 0 Å². The van der Waals surface area contributed by atoms with Crippen molar-refractivity contribution in [1.82, 2.24) is 0 Å². The molecule has 106 valence electrons. The Kier molecular flexibility index (Phi) is 3.61. The Morgan fingerprint density at radius 1 is 0.905 bits per heavy atom. The number of hydrogen-bond acceptors (Lipinski definition) is 1. The highest BCUT2D eigenvalue weighted by atomic mass is 19.1. The van der Waals surface area contributed by atoms with Crippen LogP contribution in [0.1, 0.15) is 24.1 Å². The molecule has 2 heteroatoms. The highest BCUT2D eigenvalue weighted by molar-refractivity contribution is 5.83.